The van der Waals surface area contributed by atoms with Crippen molar-refractivity contribution in [1.82, 2.24) is 5.32 Å². The van der Waals surface area contributed by atoms with E-state index < -0.39 is 5.54 Å². The van der Waals surface area contributed by atoms with Gasteiger partial charge in [0.2, 0.25) is 0 Å². The maximum absolute atomic E-state index is 12.5. The fraction of sp³-hybridized carbons (Fsp3) is 0.467. The minimum Gasteiger partial charge on any atom is -0.493 e. The van der Waals surface area contributed by atoms with Gasteiger partial charge in [-0.3, -0.25) is 4.79 Å². The fourth-order valence-electron chi connectivity index (χ4n) is 2.63. The van der Waals surface area contributed by atoms with Crippen LogP contribution in [0.2, 0.25) is 0 Å². The standard InChI is InChI=1S/C15H20N2O2S/c1-2-19-12-8-4-3-7-11(12)13(18)17-15(14(16)20)9-5-6-10-15/h3-4,7-8H,2,5-6,9-10H2,1H3,(H2,16,20)(H,17,18). The average Bonchev–Trinajstić information content (AvgIpc) is 2.89. The van der Waals surface area contributed by atoms with Crippen LogP contribution < -0.4 is 15.8 Å². The van der Waals surface area contributed by atoms with Crippen LogP contribution in [0.1, 0.15) is 43.0 Å². The zero-order chi connectivity index (χ0) is 14.6. The molecule has 1 aliphatic carbocycles. The summed E-state index contributed by atoms with van der Waals surface area (Å²) >= 11 is 5.15. The van der Waals surface area contributed by atoms with Crippen LogP contribution in [0.25, 0.3) is 0 Å². The SMILES string of the molecule is CCOc1ccccc1C(=O)NC1(C(N)=S)CCCC1. The molecular formula is C15H20N2O2S. The van der Waals surface area contributed by atoms with Gasteiger partial charge < -0.3 is 15.8 Å². The van der Waals surface area contributed by atoms with Gasteiger partial charge in [-0.05, 0) is 31.9 Å². The van der Waals surface area contributed by atoms with Gasteiger partial charge in [-0.15, -0.1) is 0 Å². The molecule has 3 N–H and O–H groups in total. The van der Waals surface area contributed by atoms with Crippen LogP contribution in [0.15, 0.2) is 24.3 Å². The largest absolute Gasteiger partial charge is 0.493 e. The van der Waals surface area contributed by atoms with Crippen LogP contribution in [0.5, 0.6) is 5.75 Å². The topological polar surface area (TPSA) is 64.3 Å². The molecule has 0 heterocycles. The summed E-state index contributed by atoms with van der Waals surface area (Å²) < 4.78 is 5.49. The van der Waals surface area contributed by atoms with Crippen molar-refractivity contribution in [2.75, 3.05) is 6.61 Å². The van der Waals surface area contributed by atoms with E-state index in [0.29, 0.717) is 22.9 Å². The van der Waals surface area contributed by atoms with E-state index in [9.17, 15) is 4.79 Å². The second-order valence-corrected chi connectivity index (χ2v) is 5.48. The van der Waals surface area contributed by atoms with Crippen molar-refractivity contribution in [2.24, 2.45) is 5.73 Å². The third kappa shape index (κ3) is 2.93. The van der Waals surface area contributed by atoms with Gasteiger partial charge in [-0.1, -0.05) is 37.2 Å². The number of benzene rings is 1. The Bertz CT molecular complexity index is 510. The second kappa shape index (κ2) is 6.22. The highest BCUT2D eigenvalue weighted by Crippen LogP contribution is 2.31. The van der Waals surface area contributed by atoms with Gasteiger partial charge >= 0.3 is 0 Å². The molecule has 0 atom stereocenters. The molecule has 108 valence electrons. The number of thiocarbonyl (C=S) groups is 1. The third-order valence-electron chi connectivity index (χ3n) is 3.71. The van der Waals surface area contributed by atoms with Gasteiger partial charge in [0.25, 0.3) is 5.91 Å². The summed E-state index contributed by atoms with van der Waals surface area (Å²) in [6.45, 7) is 2.41. The van der Waals surface area contributed by atoms with Crippen molar-refractivity contribution < 1.29 is 9.53 Å². The van der Waals surface area contributed by atoms with Crippen molar-refractivity contribution in [2.45, 2.75) is 38.1 Å². The van der Waals surface area contributed by atoms with E-state index in [1.165, 1.54) is 0 Å². The first-order chi connectivity index (χ1) is 9.59. The van der Waals surface area contributed by atoms with Crippen LogP contribution in [0.4, 0.5) is 0 Å². The quantitative estimate of drug-likeness (QED) is 0.818. The highest BCUT2D eigenvalue weighted by Gasteiger charge is 2.38. The molecule has 0 aliphatic heterocycles. The summed E-state index contributed by atoms with van der Waals surface area (Å²) in [6.07, 6.45) is 3.69. The lowest BCUT2D eigenvalue weighted by atomic mass is 9.97. The van der Waals surface area contributed by atoms with Crippen molar-refractivity contribution >= 4 is 23.1 Å². The number of amides is 1. The Labute approximate surface area is 124 Å². The number of nitrogens with two attached hydrogens (primary N) is 1. The van der Waals surface area contributed by atoms with E-state index in [-0.39, 0.29) is 5.91 Å². The molecule has 1 saturated carbocycles. The minimum atomic E-state index is -0.536. The van der Waals surface area contributed by atoms with Crippen LogP contribution >= 0.6 is 12.2 Å². The number of hydrogen-bond acceptors (Lipinski definition) is 3. The smallest absolute Gasteiger partial charge is 0.255 e. The Morgan fingerprint density at radius 2 is 2.05 bits per heavy atom. The van der Waals surface area contributed by atoms with Gasteiger partial charge in [0.1, 0.15) is 5.75 Å². The molecule has 0 bridgehead atoms. The average molecular weight is 292 g/mol. The van der Waals surface area contributed by atoms with E-state index in [4.69, 9.17) is 22.7 Å². The number of para-hydroxylation sites is 1. The Balaban J connectivity index is 2.21. The molecule has 0 spiro atoms. The summed E-state index contributed by atoms with van der Waals surface area (Å²) in [6, 6.07) is 7.21. The number of carbonyl (C=O) groups excluding carboxylic acids is 1. The maximum Gasteiger partial charge on any atom is 0.255 e. The summed E-state index contributed by atoms with van der Waals surface area (Å²) in [5.41, 5.74) is 5.83. The van der Waals surface area contributed by atoms with Crippen LogP contribution in [0, 0.1) is 0 Å². The van der Waals surface area contributed by atoms with Crippen LogP contribution in [-0.4, -0.2) is 23.0 Å². The molecule has 1 aromatic rings. The van der Waals surface area contributed by atoms with Crippen molar-refractivity contribution in [3.05, 3.63) is 29.8 Å². The Hall–Kier alpha value is -1.62. The van der Waals surface area contributed by atoms with Crippen LogP contribution in [0.3, 0.4) is 0 Å². The Morgan fingerprint density at radius 1 is 1.40 bits per heavy atom. The highest BCUT2D eigenvalue weighted by molar-refractivity contribution is 7.80. The van der Waals surface area contributed by atoms with Crippen molar-refractivity contribution in [3.63, 3.8) is 0 Å². The Morgan fingerprint density at radius 3 is 2.65 bits per heavy atom. The molecule has 1 aliphatic rings. The zero-order valence-electron chi connectivity index (χ0n) is 11.6. The molecule has 20 heavy (non-hydrogen) atoms. The lowest BCUT2D eigenvalue weighted by molar-refractivity contribution is 0.0920. The molecule has 0 aromatic heterocycles. The monoisotopic (exact) mass is 292 g/mol. The maximum atomic E-state index is 12.5. The number of nitrogens with one attached hydrogen (secondary N) is 1. The first kappa shape index (κ1) is 14.8. The predicted molar refractivity (Wildman–Crippen MR) is 83.1 cm³/mol. The molecule has 1 fully saturated rings. The predicted octanol–water partition coefficient (Wildman–Crippen LogP) is 2.41. The number of hydrogen-bond donors (Lipinski definition) is 2. The molecule has 1 amide bonds. The highest BCUT2D eigenvalue weighted by atomic mass is 32.1. The van der Waals surface area contributed by atoms with Crippen LogP contribution in [-0.2, 0) is 0 Å². The van der Waals surface area contributed by atoms with Crippen molar-refractivity contribution in [3.8, 4) is 5.75 Å². The lowest BCUT2D eigenvalue weighted by Gasteiger charge is -2.29. The summed E-state index contributed by atoms with van der Waals surface area (Å²) in [5.74, 6) is 0.410. The fourth-order valence-corrected chi connectivity index (χ4v) is 2.89. The van der Waals surface area contributed by atoms with E-state index in [1.54, 1.807) is 12.1 Å². The molecule has 5 heteroatoms. The number of ether oxygens (including phenoxy) is 1. The Kier molecular flexibility index (Phi) is 4.60. The molecular weight excluding hydrogens is 272 g/mol. The van der Waals surface area contributed by atoms with E-state index in [1.807, 2.05) is 19.1 Å². The number of carbonyl (C=O) groups is 1. The first-order valence-electron chi connectivity index (χ1n) is 6.93. The normalized spacial score (nSPS) is 16.6. The first-order valence-corrected chi connectivity index (χ1v) is 7.34. The summed E-state index contributed by atoms with van der Waals surface area (Å²) in [5, 5.41) is 3.02. The molecule has 4 nitrogen and oxygen atoms in total. The molecule has 2 rings (SSSR count). The van der Waals surface area contributed by atoms with E-state index >= 15 is 0 Å². The van der Waals surface area contributed by atoms with E-state index in [2.05, 4.69) is 5.32 Å². The second-order valence-electron chi connectivity index (χ2n) is 5.04. The van der Waals surface area contributed by atoms with Gasteiger partial charge in [0.05, 0.1) is 22.7 Å². The van der Waals surface area contributed by atoms with Gasteiger partial charge in [-0.2, -0.15) is 0 Å². The molecule has 0 unspecified atom stereocenters. The summed E-state index contributed by atoms with van der Waals surface area (Å²) in [7, 11) is 0. The summed E-state index contributed by atoms with van der Waals surface area (Å²) in [4.78, 5) is 12.9. The van der Waals surface area contributed by atoms with Gasteiger partial charge in [0.15, 0.2) is 0 Å². The van der Waals surface area contributed by atoms with Gasteiger partial charge in [-0.25, -0.2) is 0 Å². The zero-order valence-corrected chi connectivity index (χ0v) is 12.5. The number of rotatable bonds is 5. The lowest BCUT2D eigenvalue weighted by Crippen LogP contribution is -2.54. The molecule has 1 aromatic carbocycles. The van der Waals surface area contributed by atoms with E-state index in [0.717, 1.165) is 25.7 Å². The van der Waals surface area contributed by atoms with Gasteiger partial charge in [0, 0.05) is 0 Å². The molecule has 0 saturated heterocycles. The third-order valence-corrected chi connectivity index (χ3v) is 4.10. The minimum absolute atomic E-state index is 0.177. The molecule has 0 radical (unpaired) electrons. The van der Waals surface area contributed by atoms with Crippen molar-refractivity contribution in [1.29, 1.82) is 0 Å².